The first-order valence-electron chi connectivity index (χ1n) is 6.42. The second-order valence-electron chi connectivity index (χ2n) is 4.58. The van der Waals surface area contributed by atoms with Crippen LogP contribution in [-0.4, -0.2) is 12.8 Å². The van der Waals surface area contributed by atoms with Gasteiger partial charge in [-0.3, -0.25) is 0 Å². The van der Waals surface area contributed by atoms with Gasteiger partial charge in [-0.05, 0) is 49.4 Å². The lowest BCUT2D eigenvalue weighted by Crippen LogP contribution is -2.20. The summed E-state index contributed by atoms with van der Waals surface area (Å²) < 4.78 is 27.0. The molecule has 20 heavy (non-hydrogen) atoms. The van der Waals surface area contributed by atoms with Gasteiger partial charge in [-0.15, -0.1) is 11.8 Å². The van der Waals surface area contributed by atoms with Crippen LogP contribution in [0.25, 0.3) is 0 Å². The Hall–Kier alpha value is -1.39. The van der Waals surface area contributed by atoms with Crippen LogP contribution in [-0.2, 0) is 0 Å². The Morgan fingerprint density at radius 3 is 2.60 bits per heavy atom. The number of nitrogens with one attached hydrogen (secondary N) is 1. The number of hydrogen-bond donors (Lipinski definition) is 1. The van der Waals surface area contributed by atoms with E-state index in [9.17, 15) is 8.78 Å². The summed E-state index contributed by atoms with van der Waals surface area (Å²) in [6.07, 6.45) is 0. The fourth-order valence-electron chi connectivity index (χ4n) is 2.05. The van der Waals surface area contributed by atoms with Gasteiger partial charge in [-0.2, -0.15) is 0 Å². The Labute approximate surface area is 122 Å². The average molecular weight is 293 g/mol. The topological polar surface area (TPSA) is 12.0 Å². The molecular formula is C16H17F2NS. The molecule has 0 bridgehead atoms. The molecule has 0 aliphatic carbocycles. The Bertz CT molecular complexity index is 586. The molecule has 0 aliphatic rings. The van der Waals surface area contributed by atoms with Gasteiger partial charge in [0.25, 0.3) is 0 Å². The van der Waals surface area contributed by atoms with Crippen molar-refractivity contribution < 1.29 is 8.78 Å². The molecule has 106 valence electrons. The van der Waals surface area contributed by atoms with Crippen molar-refractivity contribution in [1.29, 1.82) is 0 Å². The largest absolute Gasteiger partial charge is 0.312 e. The normalized spacial score (nSPS) is 12.4. The summed E-state index contributed by atoms with van der Waals surface area (Å²) in [5, 5.41) is 3.17. The molecule has 1 unspecified atom stereocenters. The number of aryl methyl sites for hydroxylation is 1. The van der Waals surface area contributed by atoms with E-state index < -0.39 is 0 Å². The van der Waals surface area contributed by atoms with Crippen LogP contribution in [0, 0.1) is 18.6 Å². The summed E-state index contributed by atoms with van der Waals surface area (Å²) in [5.41, 5.74) is 1.94. The van der Waals surface area contributed by atoms with Gasteiger partial charge in [0, 0.05) is 16.7 Å². The highest BCUT2D eigenvalue weighted by atomic mass is 32.2. The third kappa shape index (κ3) is 3.58. The van der Waals surface area contributed by atoms with Crippen LogP contribution in [0.15, 0.2) is 47.4 Å². The standard InChI is InChI=1S/C16H17F2NS/c1-11-7-8-12(17)9-13(11)15(19-2)10-20-16-6-4-3-5-14(16)18/h3-9,15,19H,10H2,1-2H3. The molecule has 2 aromatic rings. The molecule has 0 amide bonds. The van der Waals surface area contributed by atoms with E-state index in [1.54, 1.807) is 24.3 Å². The second kappa shape index (κ2) is 6.86. The van der Waals surface area contributed by atoms with Crippen molar-refractivity contribution in [2.24, 2.45) is 0 Å². The van der Waals surface area contributed by atoms with E-state index in [1.807, 2.05) is 20.0 Å². The molecule has 1 N–H and O–H groups in total. The van der Waals surface area contributed by atoms with Gasteiger partial charge in [0.1, 0.15) is 11.6 Å². The molecule has 2 rings (SSSR count). The minimum absolute atomic E-state index is 0.0182. The molecule has 0 aliphatic heterocycles. The highest BCUT2D eigenvalue weighted by molar-refractivity contribution is 7.99. The molecule has 0 saturated heterocycles. The molecule has 0 aromatic heterocycles. The predicted molar refractivity (Wildman–Crippen MR) is 80.1 cm³/mol. The highest BCUT2D eigenvalue weighted by Gasteiger charge is 2.14. The van der Waals surface area contributed by atoms with Gasteiger partial charge in [0.05, 0.1) is 0 Å². The average Bonchev–Trinajstić information content (AvgIpc) is 2.45. The maximum absolute atomic E-state index is 13.6. The Morgan fingerprint density at radius 2 is 1.90 bits per heavy atom. The van der Waals surface area contributed by atoms with Crippen LogP contribution in [0.2, 0.25) is 0 Å². The van der Waals surface area contributed by atoms with Gasteiger partial charge >= 0.3 is 0 Å². The van der Waals surface area contributed by atoms with Crippen molar-refractivity contribution in [2.45, 2.75) is 17.9 Å². The fraction of sp³-hybridized carbons (Fsp3) is 0.250. The minimum Gasteiger partial charge on any atom is -0.312 e. The summed E-state index contributed by atoms with van der Waals surface area (Å²) in [5.74, 6) is 0.173. The first-order chi connectivity index (χ1) is 9.61. The zero-order chi connectivity index (χ0) is 14.5. The van der Waals surface area contributed by atoms with Crippen LogP contribution >= 0.6 is 11.8 Å². The van der Waals surface area contributed by atoms with Gasteiger partial charge in [-0.25, -0.2) is 8.78 Å². The SMILES string of the molecule is CNC(CSc1ccccc1F)c1cc(F)ccc1C. The Kier molecular flexibility index (Phi) is 5.15. The summed E-state index contributed by atoms with van der Waals surface area (Å²) in [6, 6.07) is 11.4. The lowest BCUT2D eigenvalue weighted by Gasteiger charge is -2.18. The first kappa shape index (κ1) is 15.0. The quantitative estimate of drug-likeness (QED) is 0.824. The zero-order valence-corrected chi connectivity index (χ0v) is 12.3. The number of thioether (sulfide) groups is 1. The van der Waals surface area contributed by atoms with Crippen LogP contribution < -0.4 is 5.32 Å². The molecule has 0 saturated carbocycles. The number of halogens is 2. The fourth-order valence-corrected chi connectivity index (χ4v) is 3.12. The monoisotopic (exact) mass is 293 g/mol. The number of benzene rings is 2. The van der Waals surface area contributed by atoms with E-state index in [-0.39, 0.29) is 17.7 Å². The van der Waals surface area contributed by atoms with Crippen molar-refractivity contribution in [3.05, 3.63) is 65.2 Å². The zero-order valence-electron chi connectivity index (χ0n) is 11.5. The molecule has 4 heteroatoms. The Balaban J connectivity index is 2.13. The van der Waals surface area contributed by atoms with Gasteiger partial charge < -0.3 is 5.32 Å². The smallest absolute Gasteiger partial charge is 0.136 e. The van der Waals surface area contributed by atoms with Crippen LogP contribution in [0.5, 0.6) is 0 Å². The maximum Gasteiger partial charge on any atom is 0.136 e. The summed E-state index contributed by atoms with van der Waals surface area (Å²) >= 11 is 1.43. The summed E-state index contributed by atoms with van der Waals surface area (Å²) in [4.78, 5) is 0.613. The van der Waals surface area contributed by atoms with Crippen molar-refractivity contribution in [2.75, 3.05) is 12.8 Å². The lowest BCUT2D eigenvalue weighted by atomic mass is 10.0. The first-order valence-corrected chi connectivity index (χ1v) is 7.41. The molecule has 0 fully saturated rings. The third-order valence-corrected chi connectivity index (χ3v) is 4.35. The van der Waals surface area contributed by atoms with Crippen molar-refractivity contribution >= 4 is 11.8 Å². The van der Waals surface area contributed by atoms with E-state index in [4.69, 9.17) is 0 Å². The van der Waals surface area contributed by atoms with E-state index in [0.29, 0.717) is 10.6 Å². The molecule has 1 atom stereocenters. The lowest BCUT2D eigenvalue weighted by molar-refractivity contribution is 0.599. The van der Waals surface area contributed by atoms with Gasteiger partial charge in [0.2, 0.25) is 0 Å². The Morgan fingerprint density at radius 1 is 1.15 bits per heavy atom. The van der Waals surface area contributed by atoms with Crippen LogP contribution in [0.4, 0.5) is 8.78 Å². The van der Waals surface area contributed by atoms with Crippen LogP contribution in [0.1, 0.15) is 17.2 Å². The number of hydrogen-bond acceptors (Lipinski definition) is 2. The highest BCUT2D eigenvalue weighted by Crippen LogP contribution is 2.28. The van der Waals surface area contributed by atoms with Crippen molar-refractivity contribution in [3.63, 3.8) is 0 Å². The van der Waals surface area contributed by atoms with E-state index >= 15 is 0 Å². The van der Waals surface area contributed by atoms with E-state index in [0.717, 1.165) is 11.1 Å². The number of rotatable bonds is 5. The molecule has 0 spiro atoms. The predicted octanol–water partition coefficient (Wildman–Crippen LogP) is 4.33. The third-order valence-electron chi connectivity index (χ3n) is 3.21. The molecule has 2 aromatic carbocycles. The summed E-state index contributed by atoms with van der Waals surface area (Å²) in [6.45, 7) is 1.95. The molecular weight excluding hydrogens is 276 g/mol. The van der Waals surface area contributed by atoms with Crippen LogP contribution in [0.3, 0.4) is 0 Å². The van der Waals surface area contributed by atoms with Crippen molar-refractivity contribution in [1.82, 2.24) is 5.32 Å². The van der Waals surface area contributed by atoms with E-state index in [1.165, 1.54) is 23.9 Å². The molecule has 0 heterocycles. The summed E-state index contributed by atoms with van der Waals surface area (Å²) in [7, 11) is 1.83. The molecule has 0 radical (unpaired) electrons. The van der Waals surface area contributed by atoms with Gasteiger partial charge in [-0.1, -0.05) is 18.2 Å². The van der Waals surface area contributed by atoms with E-state index in [2.05, 4.69) is 5.32 Å². The van der Waals surface area contributed by atoms with Gasteiger partial charge in [0.15, 0.2) is 0 Å². The second-order valence-corrected chi connectivity index (χ2v) is 5.65. The maximum atomic E-state index is 13.6. The minimum atomic E-state index is -0.248. The molecule has 1 nitrogen and oxygen atoms in total. The van der Waals surface area contributed by atoms with Crippen molar-refractivity contribution in [3.8, 4) is 0 Å².